The molecular formula is C16H23N3S. The van der Waals surface area contributed by atoms with Crippen molar-refractivity contribution in [2.45, 2.75) is 25.8 Å². The smallest absolute Gasteiger partial charge is 0.184 e. The lowest BCUT2D eigenvalue weighted by molar-refractivity contribution is 0.525. The third kappa shape index (κ3) is 4.05. The number of hydrogen-bond donors (Lipinski definition) is 1. The molecule has 0 saturated heterocycles. The molecule has 2 aromatic rings. The first-order valence-electron chi connectivity index (χ1n) is 7.10. The van der Waals surface area contributed by atoms with Gasteiger partial charge in [0.1, 0.15) is 0 Å². The van der Waals surface area contributed by atoms with Gasteiger partial charge in [-0.2, -0.15) is 0 Å². The number of anilines is 1. The van der Waals surface area contributed by atoms with E-state index in [1.54, 1.807) is 11.3 Å². The number of aromatic nitrogens is 1. The largest absolute Gasteiger partial charge is 0.354 e. The lowest BCUT2D eigenvalue weighted by atomic mass is 10.0. The maximum Gasteiger partial charge on any atom is 0.184 e. The van der Waals surface area contributed by atoms with Crippen molar-refractivity contribution >= 4 is 16.5 Å². The van der Waals surface area contributed by atoms with E-state index in [1.807, 2.05) is 14.1 Å². The molecule has 1 aromatic carbocycles. The van der Waals surface area contributed by atoms with Gasteiger partial charge in [-0.25, -0.2) is 4.98 Å². The summed E-state index contributed by atoms with van der Waals surface area (Å²) in [6.45, 7) is 3.23. The molecule has 0 spiro atoms. The van der Waals surface area contributed by atoms with Crippen molar-refractivity contribution in [3.8, 4) is 0 Å². The van der Waals surface area contributed by atoms with Gasteiger partial charge in [-0.1, -0.05) is 37.3 Å². The Hall–Kier alpha value is -1.39. The molecule has 1 atom stereocenters. The Labute approximate surface area is 125 Å². The van der Waals surface area contributed by atoms with Crippen LogP contribution >= 0.6 is 11.3 Å². The lowest BCUT2D eigenvalue weighted by Gasteiger charge is -2.18. The highest BCUT2D eigenvalue weighted by Gasteiger charge is 2.13. The molecule has 4 heteroatoms. The number of nitrogens with zero attached hydrogens (tertiary/aromatic N) is 2. The van der Waals surface area contributed by atoms with Gasteiger partial charge in [-0.05, 0) is 18.5 Å². The number of hydrogen-bond acceptors (Lipinski definition) is 4. The fraction of sp³-hybridized carbons (Fsp3) is 0.438. The minimum absolute atomic E-state index is 0.341. The zero-order valence-electron chi connectivity index (χ0n) is 12.5. The summed E-state index contributed by atoms with van der Waals surface area (Å²) in [6.07, 6.45) is 2.08. The molecule has 0 aliphatic heterocycles. The van der Waals surface area contributed by atoms with Gasteiger partial charge in [0.05, 0.1) is 5.69 Å². The summed E-state index contributed by atoms with van der Waals surface area (Å²) in [6, 6.07) is 11.0. The van der Waals surface area contributed by atoms with Crippen molar-refractivity contribution < 1.29 is 0 Å². The molecule has 0 fully saturated rings. The van der Waals surface area contributed by atoms with Crippen LogP contribution in [0.2, 0.25) is 0 Å². The first-order chi connectivity index (χ1) is 9.70. The maximum absolute atomic E-state index is 4.69. The standard InChI is InChI=1S/C16H23N3S/c1-4-10-17-15(13-8-6-5-7-9-13)11-14-12-20-16(18-14)19(2)3/h5-9,12,15,17H,4,10-11H2,1-3H3. The molecular weight excluding hydrogens is 266 g/mol. The predicted octanol–water partition coefficient (Wildman–Crippen LogP) is 3.49. The number of thiazole rings is 1. The lowest BCUT2D eigenvalue weighted by Crippen LogP contribution is -2.24. The van der Waals surface area contributed by atoms with Gasteiger partial charge in [-0.3, -0.25) is 0 Å². The molecule has 2 rings (SSSR count). The van der Waals surface area contributed by atoms with Gasteiger partial charge >= 0.3 is 0 Å². The summed E-state index contributed by atoms with van der Waals surface area (Å²) in [7, 11) is 4.07. The molecule has 0 bridgehead atoms. The first-order valence-corrected chi connectivity index (χ1v) is 7.98. The fourth-order valence-electron chi connectivity index (χ4n) is 2.12. The second-order valence-electron chi connectivity index (χ2n) is 5.14. The molecule has 1 aromatic heterocycles. The molecule has 108 valence electrons. The molecule has 1 unspecified atom stereocenters. The molecule has 1 N–H and O–H groups in total. The van der Waals surface area contributed by atoms with E-state index in [2.05, 4.69) is 57.8 Å². The highest BCUT2D eigenvalue weighted by Crippen LogP contribution is 2.23. The maximum atomic E-state index is 4.69. The Bertz CT molecular complexity index is 507. The molecule has 1 heterocycles. The summed E-state index contributed by atoms with van der Waals surface area (Å²) in [5.74, 6) is 0. The highest BCUT2D eigenvalue weighted by atomic mass is 32.1. The van der Waals surface area contributed by atoms with Crippen molar-refractivity contribution in [3.05, 3.63) is 47.0 Å². The van der Waals surface area contributed by atoms with Crippen LogP contribution in [-0.4, -0.2) is 25.6 Å². The zero-order valence-corrected chi connectivity index (χ0v) is 13.3. The van der Waals surface area contributed by atoms with Crippen LogP contribution in [0.15, 0.2) is 35.7 Å². The SMILES string of the molecule is CCCNC(Cc1csc(N(C)C)n1)c1ccccc1. The normalized spacial score (nSPS) is 12.3. The van der Waals surface area contributed by atoms with Crippen molar-refractivity contribution in [3.63, 3.8) is 0 Å². The summed E-state index contributed by atoms with van der Waals surface area (Å²) in [5, 5.41) is 6.86. The number of benzene rings is 1. The van der Waals surface area contributed by atoms with E-state index in [0.717, 1.165) is 30.2 Å². The van der Waals surface area contributed by atoms with Crippen molar-refractivity contribution in [2.24, 2.45) is 0 Å². The summed E-state index contributed by atoms with van der Waals surface area (Å²) < 4.78 is 0. The van der Waals surface area contributed by atoms with E-state index < -0.39 is 0 Å². The van der Waals surface area contributed by atoms with E-state index in [-0.39, 0.29) is 0 Å². The molecule has 0 aliphatic rings. The zero-order chi connectivity index (χ0) is 14.4. The van der Waals surface area contributed by atoms with Crippen molar-refractivity contribution in [1.29, 1.82) is 0 Å². The summed E-state index contributed by atoms with van der Waals surface area (Å²) >= 11 is 1.71. The Morgan fingerprint density at radius 3 is 2.60 bits per heavy atom. The monoisotopic (exact) mass is 289 g/mol. The topological polar surface area (TPSA) is 28.2 Å². The van der Waals surface area contributed by atoms with Crippen LogP contribution in [0.4, 0.5) is 5.13 Å². The average molecular weight is 289 g/mol. The van der Waals surface area contributed by atoms with Crippen LogP contribution in [0, 0.1) is 0 Å². The van der Waals surface area contributed by atoms with Crippen molar-refractivity contribution in [1.82, 2.24) is 10.3 Å². The van der Waals surface area contributed by atoms with Gasteiger partial charge in [0, 0.05) is 31.9 Å². The Balaban J connectivity index is 2.10. The van der Waals surface area contributed by atoms with Gasteiger partial charge in [0.2, 0.25) is 0 Å². The van der Waals surface area contributed by atoms with Gasteiger partial charge < -0.3 is 10.2 Å². The Morgan fingerprint density at radius 1 is 1.25 bits per heavy atom. The predicted molar refractivity (Wildman–Crippen MR) is 87.6 cm³/mol. The van der Waals surface area contributed by atoms with Gasteiger partial charge in [0.25, 0.3) is 0 Å². The minimum Gasteiger partial charge on any atom is -0.354 e. The van der Waals surface area contributed by atoms with Crippen LogP contribution in [0.3, 0.4) is 0 Å². The molecule has 3 nitrogen and oxygen atoms in total. The van der Waals surface area contributed by atoms with E-state index in [0.29, 0.717) is 6.04 Å². The van der Waals surface area contributed by atoms with E-state index in [1.165, 1.54) is 5.56 Å². The van der Waals surface area contributed by atoms with Crippen LogP contribution in [0.5, 0.6) is 0 Å². The molecule has 0 aliphatic carbocycles. The minimum atomic E-state index is 0.341. The average Bonchev–Trinajstić information content (AvgIpc) is 2.93. The second kappa shape index (κ2) is 7.41. The molecule has 0 saturated carbocycles. The van der Waals surface area contributed by atoms with Gasteiger partial charge in [0.15, 0.2) is 5.13 Å². The van der Waals surface area contributed by atoms with Crippen LogP contribution in [0.1, 0.15) is 30.6 Å². The van der Waals surface area contributed by atoms with Crippen molar-refractivity contribution in [2.75, 3.05) is 25.5 Å². The number of nitrogens with one attached hydrogen (secondary N) is 1. The summed E-state index contributed by atoms with van der Waals surface area (Å²) in [5.41, 5.74) is 2.50. The quantitative estimate of drug-likeness (QED) is 0.845. The summed E-state index contributed by atoms with van der Waals surface area (Å²) in [4.78, 5) is 6.75. The second-order valence-corrected chi connectivity index (χ2v) is 5.97. The third-order valence-electron chi connectivity index (χ3n) is 3.18. The van der Waals surface area contributed by atoms with E-state index >= 15 is 0 Å². The number of rotatable bonds is 7. The first kappa shape index (κ1) is 15.0. The Kier molecular flexibility index (Phi) is 5.56. The van der Waals surface area contributed by atoms with Gasteiger partial charge in [-0.15, -0.1) is 11.3 Å². The fourth-order valence-corrected chi connectivity index (χ4v) is 2.89. The molecule has 0 amide bonds. The molecule has 20 heavy (non-hydrogen) atoms. The molecule has 0 radical (unpaired) electrons. The van der Waals surface area contributed by atoms with Crippen LogP contribution in [0.25, 0.3) is 0 Å². The van der Waals surface area contributed by atoms with Crippen LogP contribution in [-0.2, 0) is 6.42 Å². The van der Waals surface area contributed by atoms with Crippen LogP contribution < -0.4 is 10.2 Å². The highest BCUT2D eigenvalue weighted by molar-refractivity contribution is 7.13. The Morgan fingerprint density at radius 2 is 2.00 bits per heavy atom. The van der Waals surface area contributed by atoms with E-state index in [9.17, 15) is 0 Å². The third-order valence-corrected chi connectivity index (χ3v) is 4.24. The van der Waals surface area contributed by atoms with E-state index in [4.69, 9.17) is 0 Å².